The molecule has 0 aromatic carbocycles. The molecular weight excluding hydrogens is 310 g/mol. The zero-order valence-electron chi connectivity index (χ0n) is 10.7. The standard InChI is InChI=1S/C14H20BrNOS/c1-2-10-8-9-13(18-10)14(17)16-12-7-5-3-4-6-11(12)15/h8-9,11-12H,2-7H2,1H3,(H,16,17). The lowest BCUT2D eigenvalue weighted by molar-refractivity contribution is 0.0939. The zero-order chi connectivity index (χ0) is 13.0. The Morgan fingerprint density at radius 3 is 2.89 bits per heavy atom. The maximum atomic E-state index is 12.2. The minimum Gasteiger partial charge on any atom is -0.347 e. The number of halogens is 1. The summed E-state index contributed by atoms with van der Waals surface area (Å²) in [4.78, 5) is 14.7. The normalized spacial score (nSPS) is 24.6. The fourth-order valence-corrected chi connectivity index (χ4v) is 3.93. The molecule has 0 saturated heterocycles. The van der Waals surface area contributed by atoms with Crippen LogP contribution in [0.15, 0.2) is 12.1 Å². The number of hydrogen-bond acceptors (Lipinski definition) is 2. The highest BCUT2D eigenvalue weighted by atomic mass is 79.9. The first kappa shape index (κ1) is 14.1. The summed E-state index contributed by atoms with van der Waals surface area (Å²) in [5, 5.41) is 3.19. The Hall–Kier alpha value is -0.350. The van der Waals surface area contributed by atoms with Crippen molar-refractivity contribution >= 4 is 33.2 Å². The van der Waals surface area contributed by atoms with Crippen molar-refractivity contribution in [2.75, 3.05) is 0 Å². The fourth-order valence-electron chi connectivity index (χ4n) is 2.35. The van der Waals surface area contributed by atoms with Crippen LogP contribution in [0.2, 0.25) is 0 Å². The van der Waals surface area contributed by atoms with Crippen molar-refractivity contribution in [1.29, 1.82) is 0 Å². The van der Waals surface area contributed by atoms with Crippen LogP contribution >= 0.6 is 27.3 Å². The van der Waals surface area contributed by atoms with E-state index in [1.54, 1.807) is 11.3 Å². The minimum atomic E-state index is 0.0936. The summed E-state index contributed by atoms with van der Waals surface area (Å²) in [6.45, 7) is 2.12. The quantitative estimate of drug-likeness (QED) is 0.655. The molecule has 1 amide bonds. The first-order valence-corrected chi connectivity index (χ1v) is 8.47. The second-order valence-electron chi connectivity index (χ2n) is 4.85. The van der Waals surface area contributed by atoms with E-state index in [4.69, 9.17) is 0 Å². The molecule has 1 aromatic rings. The van der Waals surface area contributed by atoms with E-state index in [0.29, 0.717) is 4.83 Å². The molecule has 2 nitrogen and oxygen atoms in total. The predicted octanol–water partition coefficient (Wildman–Crippen LogP) is 4.14. The molecule has 1 fully saturated rings. The van der Waals surface area contributed by atoms with E-state index in [1.165, 1.54) is 24.1 Å². The summed E-state index contributed by atoms with van der Waals surface area (Å²) in [6.07, 6.45) is 7.03. The Balaban J connectivity index is 1.97. The van der Waals surface area contributed by atoms with Crippen LogP contribution in [0.3, 0.4) is 0 Å². The van der Waals surface area contributed by atoms with E-state index in [0.717, 1.165) is 24.1 Å². The molecule has 0 aliphatic heterocycles. The van der Waals surface area contributed by atoms with Gasteiger partial charge in [-0.3, -0.25) is 4.79 Å². The van der Waals surface area contributed by atoms with Crippen LogP contribution < -0.4 is 5.32 Å². The summed E-state index contributed by atoms with van der Waals surface area (Å²) >= 11 is 5.32. The van der Waals surface area contributed by atoms with Crippen LogP contribution in [0, 0.1) is 0 Å². The summed E-state index contributed by atoms with van der Waals surface area (Å²) in [7, 11) is 0. The third-order valence-electron chi connectivity index (χ3n) is 3.48. The van der Waals surface area contributed by atoms with Crippen molar-refractivity contribution in [3.05, 3.63) is 21.9 Å². The van der Waals surface area contributed by atoms with Gasteiger partial charge in [0.05, 0.1) is 4.88 Å². The highest BCUT2D eigenvalue weighted by molar-refractivity contribution is 9.09. The lowest BCUT2D eigenvalue weighted by atomic mass is 10.1. The molecule has 1 saturated carbocycles. The predicted molar refractivity (Wildman–Crippen MR) is 80.8 cm³/mol. The topological polar surface area (TPSA) is 29.1 Å². The molecule has 2 rings (SSSR count). The molecule has 0 spiro atoms. The molecule has 1 N–H and O–H groups in total. The lowest BCUT2D eigenvalue weighted by Gasteiger charge is -2.21. The van der Waals surface area contributed by atoms with E-state index < -0.39 is 0 Å². The number of amides is 1. The Labute approximate surface area is 121 Å². The number of rotatable bonds is 3. The lowest BCUT2D eigenvalue weighted by Crippen LogP contribution is -2.39. The summed E-state index contributed by atoms with van der Waals surface area (Å²) in [5.41, 5.74) is 0. The Kier molecular flexibility index (Phi) is 5.25. The highest BCUT2D eigenvalue weighted by Crippen LogP contribution is 2.24. The van der Waals surface area contributed by atoms with Crippen molar-refractivity contribution in [3.8, 4) is 0 Å². The second kappa shape index (κ2) is 6.71. The summed E-state index contributed by atoms with van der Waals surface area (Å²) in [6, 6.07) is 4.28. The van der Waals surface area contributed by atoms with Crippen LogP contribution in [-0.2, 0) is 6.42 Å². The van der Waals surface area contributed by atoms with Gasteiger partial charge in [-0.25, -0.2) is 0 Å². The van der Waals surface area contributed by atoms with Crippen LogP contribution in [0.5, 0.6) is 0 Å². The largest absolute Gasteiger partial charge is 0.347 e. The number of carbonyl (C=O) groups is 1. The first-order chi connectivity index (χ1) is 8.70. The number of alkyl halides is 1. The van der Waals surface area contributed by atoms with Gasteiger partial charge in [-0.15, -0.1) is 11.3 Å². The summed E-state index contributed by atoms with van der Waals surface area (Å²) in [5.74, 6) is 0.0936. The summed E-state index contributed by atoms with van der Waals surface area (Å²) < 4.78 is 0. The van der Waals surface area contributed by atoms with Gasteiger partial charge in [-0.1, -0.05) is 42.1 Å². The van der Waals surface area contributed by atoms with E-state index in [1.807, 2.05) is 6.07 Å². The Bertz CT molecular complexity index is 404. The number of aryl methyl sites for hydroxylation is 1. The molecule has 1 aromatic heterocycles. The maximum absolute atomic E-state index is 12.2. The van der Waals surface area contributed by atoms with Gasteiger partial charge in [0.15, 0.2) is 0 Å². The van der Waals surface area contributed by atoms with Crippen molar-refractivity contribution < 1.29 is 4.79 Å². The van der Waals surface area contributed by atoms with Gasteiger partial charge in [0.2, 0.25) is 0 Å². The van der Waals surface area contributed by atoms with E-state index in [-0.39, 0.29) is 11.9 Å². The molecule has 100 valence electrons. The molecular formula is C14H20BrNOS. The SMILES string of the molecule is CCc1ccc(C(=O)NC2CCCCCC2Br)s1. The molecule has 0 radical (unpaired) electrons. The minimum absolute atomic E-state index is 0.0936. The highest BCUT2D eigenvalue weighted by Gasteiger charge is 2.23. The Morgan fingerprint density at radius 2 is 2.17 bits per heavy atom. The molecule has 2 atom stereocenters. The van der Waals surface area contributed by atoms with Gasteiger partial charge in [0.25, 0.3) is 5.91 Å². The maximum Gasteiger partial charge on any atom is 0.261 e. The van der Waals surface area contributed by atoms with E-state index in [9.17, 15) is 4.79 Å². The van der Waals surface area contributed by atoms with Gasteiger partial charge in [0.1, 0.15) is 0 Å². The van der Waals surface area contributed by atoms with Gasteiger partial charge in [0, 0.05) is 15.7 Å². The molecule has 0 bridgehead atoms. The number of thiophene rings is 1. The van der Waals surface area contributed by atoms with Crippen LogP contribution in [0.25, 0.3) is 0 Å². The average molecular weight is 330 g/mol. The van der Waals surface area contributed by atoms with Crippen LogP contribution in [-0.4, -0.2) is 16.8 Å². The first-order valence-electron chi connectivity index (χ1n) is 6.74. The zero-order valence-corrected chi connectivity index (χ0v) is 13.1. The van der Waals surface area contributed by atoms with Crippen LogP contribution in [0.4, 0.5) is 0 Å². The smallest absolute Gasteiger partial charge is 0.261 e. The average Bonchev–Trinajstić information content (AvgIpc) is 2.77. The molecule has 18 heavy (non-hydrogen) atoms. The molecule has 1 aliphatic carbocycles. The fraction of sp³-hybridized carbons (Fsp3) is 0.643. The van der Waals surface area contributed by atoms with Crippen molar-refractivity contribution in [3.63, 3.8) is 0 Å². The molecule has 2 unspecified atom stereocenters. The Morgan fingerprint density at radius 1 is 1.39 bits per heavy atom. The van der Waals surface area contributed by atoms with Crippen molar-refractivity contribution in [2.24, 2.45) is 0 Å². The van der Waals surface area contributed by atoms with Gasteiger partial charge in [-0.2, -0.15) is 0 Å². The molecule has 1 aliphatic rings. The number of carbonyl (C=O) groups excluding carboxylic acids is 1. The molecule has 4 heteroatoms. The van der Waals surface area contributed by atoms with Crippen molar-refractivity contribution in [2.45, 2.75) is 56.3 Å². The van der Waals surface area contributed by atoms with Crippen LogP contribution in [0.1, 0.15) is 53.6 Å². The number of nitrogens with one attached hydrogen (secondary N) is 1. The third kappa shape index (κ3) is 3.58. The van der Waals surface area contributed by atoms with Gasteiger partial charge in [-0.05, 0) is 31.4 Å². The number of hydrogen-bond donors (Lipinski definition) is 1. The monoisotopic (exact) mass is 329 g/mol. The third-order valence-corrected chi connectivity index (χ3v) is 5.81. The van der Waals surface area contributed by atoms with Gasteiger partial charge >= 0.3 is 0 Å². The van der Waals surface area contributed by atoms with Gasteiger partial charge < -0.3 is 5.32 Å². The van der Waals surface area contributed by atoms with E-state index in [2.05, 4.69) is 34.2 Å². The van der Waals surface area contributed by atoms with Crippen molar-refractivity contribution in [1.82, 2.24) is 5.32 Å². The molecule has 1 heterocycles. The van der Waals surface area contributed by atoms with E-state index >= 15 is 0 Å². The second-order valence-corrected chi connectivity index (χ2v) is 7.20.